The molecule has 1 fully saturated rings. The quantitative estimate of drug-likeness (QED) is 0.626. The molecule has 0 aromatic rings. The van der Waals surface area contributed by atoms with E-state index in [1.807, 2.05) is 19.1 Å². The number of ether oxygens (including phenoxy) is 2. The Morgan fingerprint density at radius 2 is 2.07 bits per heavy atom. The van der Waals surface area contributed by atoms with E-state index in [2.05, 4.69) is 13.2 Å². The van der Waals surface area contributed by atoms with Gasteiger partial charge in [-0.1, -0.05) is 25.3 Å². The van der Waals surface area contributed by atoms with Crippen LogP contribution >= 0.6 is 0 Å². The van der Waals surface area contributed by atoms with Crippen molar-refractivity contribution in [3.63, 3.8) is 0 Å². The minimum atomic E-state index is 0.601. The second-order valence-corrected chi connectivity index (χ2v) is 2.98. The Morgan fingerprint density at radius 3 is 2.71 bits per heavy atom. The number of hydrogen-bond donors (Lipinski definition) is 0. The van der Waals surface area contributed by atoms with E-state index in [0.717, 1.165) is 12.0 Å². The summed E-state index contributed by atoms with van der Waals surface area (Å²) in [5, 5.41) is 0. The molecule has 1 aliphatic rings. The smallest absolute Gasteiger partial charge is 0.161 e. The van der Waals surface area contributed by atoms with E-state index in [1.165, 1.54) is 0 Å². The van der Waals surface area contributed by atoms with Gasteiger partial charge in [-0.05, 0) is 18.6 Å². The van der Waals surface area contributed by atoms with Gasteiger partial charge in [0.15, 0.2) is 11.5 Å². The monoisotopic (exact) mass is 192 g/mol. The third kappa shape index (κ3) is 2.80. The standard InChI is InChI=1S/C12H16O2/c1-4-11(5-2)9-12-10(3)13-7-6-8-14-12/h4-5,9H,1,3,6-8H2,2H3/b11-5-,12-9+. The average Bonchev–Trinajstić information content (AvgIpc) is 2.40. The second kappa shape index (κ2) is 5.32. The highest BCUT2D eigenvalue weighted by molar-refractivity contribution is 5.35. The van der Waals surface area contributed by atoms with Gasteiger partial charge < -0.3 is 9.47 Å². The molecule has 0 aromatic carbocycles. The largest absolute Gasteiger partial charge is 0.490 e. The van der Waals surface area contributed by atoms with E-state index in [0.29, 0.717) is 24.7 Å². The van der Waals surface area contributed by atoms with Crippen molar-refractivity contribution in [3.8, 4) is 0 Å². The van der Waals surface area contributed by atoms with E-state index in [9.17, 15) is 0 Å². The SMILES string of the molecule is C=CC(=C/C)/C=C1/OCCCOC1=C. The fourth-order valence-electron chi connectivity index (χ4n) is 1.12. The number of hydrogen-bond acceptors (Lipinski definition) is 2. The number of allylic oxidation sites excluding steroid dienone is 4. The van der Waals surface area contributed by atoms with Crippen molar-refractivity contribution in [1.82, 2.24) is 0 Å². The van der Waals surface area contributed by atoms with Gasteiger partial charge in [0.05, 0.1) is 13.2 Å². The Morgan fingerprint density at radius 1 is 1.36 bits per heavy atom. The summed E-state index contributed by atoms with van der Waals surface area (Å²) < 4.78 is 10.9. The summed E-state index contributed by atoms with van der Waals surface area (Å²) in [7, 11) is 0. The van der Waals surface area contributed by atoms with Crippen molar-refractivity contribution in [1.29, 1.82) is 0 Å². The molecule has 0 atom stereocenters. The van der Waals surface area contributed by atoms with E-state index < -0.39 is 0 Å². The van der Waals surface area contributed by atoms with Crippen LogP contribution in [0.3, 0.4) is 0 Å². The molecule has 14 heavy (non-hydrogen) atoms. The summed E-state index contributed by atoms with van der Waals surface area (Å²) in [4.78, 5) is 0. The van der Waals surface area contributed by atoms with Crippen LogP contribution in [0.5, 0.6) is 0 Å². The van der Waals surface area contributed by atoms with Crippen LogP contribution < -0.4 is 0 Å². The Bertz CT molecular complexity index is 285. The third-order valence-electron chi connectivity index (χ3n) is 1.96. The zero-order valence-corrected chi connectivity index (χ0v) is 8.58. The zero-order valence-electron chi connectivity index (χ0n) is 8.58. The molecule has 76 valence electrons. The molecule has 0 radical (unpaired) electrons. The Balaban J connectivity index is 2.82. The van der Waals surface area contributed by atoms with E-state index in [4.69, 9.17) is 9.47 Å². The molecule has 1 heterocycles. The predicted octanol–water partition coefficient (Wildman–Crippen LogP) is 2.95. The van der Waals surface area contributed by atoms with Gasteiger partial charge in [-0.3, -0.25) is 0 Å². The summed E-state index contributed by atoms with van der Waals surface area (Å²) in [6, 6.07) is 0. The Labute approximate surface area is 85.2 Å². The highest BCUT2D eigenvalue weighted by atomic mass is 16.5. The lowest BCUT2D eigenvalue weighted by Crippen LogP contribution is -1.94. The van der Waals surface area contributed by atoms with Crippen LogP contribution in [-0.2, 0) is 9.47 Å². The van der Waals surface area contributed by atoms with Gasteiger partial charge in [0.2, 0.25) is 0 Å². The van der Waals surface area contributed by atoms with E-state index in [-0.39, 0.29) is 0 Å². The molecule has 1 saturated heterocycles. The van der Waals surface area contributed by atoms with Gasteiger partial charge in [0.25, 0.3) is 0 Å². The van der Waals surface area contributed by atoms with Gasteiger partial charge in [0.1, 0.15) is 0 Å². The lowest BCUT2D eigenvalue weighted by molar-refractivity contribution is 0.221. The molecule has 2 nitrogen and oxygen atoms in total. The summed E-state index contributed by atoms with van der Waals surface area (Å²) in [6.45, 7) is 10.8. The topological polar surface area (TPSA) is 18.5 Å². The molecule has 0 spiro atoms. The summed E-state index contributed by atoms with van der Waals surface area (Å²) in [5.41, 5.74) is 1.01. The van der Waals surface area contributed by atoms with Crippen molar-refractivity contribution in [2.75, 3.05) is 13.2 Å². The van der Waals surface area contributed by atoms with Crippen LogP contribution in [0.2, 0.25) is 0 Å². The minimum absolute atomic E-state index is 0.601. The van der Waals surface area contributed by atoms with Crippen molar-refractivity contribution in [2.24, 2.45) is 0 Å². The molecule has 0 N–H and O–H groups in total. The lowest BCUT2D eigenvalue weighted by Gasteiger charge is -2.07. The van der Waals surface area contributed by atoms with Gasteiger partial charge in [-0.15, -0.1) is 0 Å². The summed E-state index contributed by atoms with van der Waals surface area (Å²) in [5.74, 6) is 1.30. The summed E-state index contributed by atoms with van der Waals surface area (Å²) in [6.07, 6.45) is 6.52. The predicted molar refractivity (Wildman–Crippen MR) is 57.7 cm³/mol. The molecule has 0 saturated carbocycles. The maximum atomic E-state index is 5.50. The van der Waals surface area contributed by atoms with Crippen LogP contribution in [0.1, 0.15) is 13.3 Å². The van der Waals surface area contributed by atoms with Gasteiger partial charge >= 0.3 is 0 Å². The van der Waals surface area contributed by atoms with Crippen LogP contribution in [0.4, 0.5) is 0 Å². The van der Waals surface area contributed by atoms with Crippen LogP contribution in [-0.4, -0.2) is 13.2 Å². The van der Waals surface area contributed by atoms with E-state index in [1.54, 1.807) is 6.08 Å². The van der Waals surface area contributed by atoms with Crippen LogP contribution in [0.25, 0.3) is 0 Å². The van der Waals surface area contributed by atoms with Crippen molar-refractivity contribution in [2.45, 2.75) is 13.3 Å². The van der Waals surface area contributed by atoms with Crippen LogP contribution in [0.15, 0.2) is 48.5 Å². The first kappa shape index (κ1) is 10.6. The average molecular weight is 192 g/mol. The van der Waals surface area contributed by atoms with Crippen molar-refractivity contribution >= 4 is 0 Å². The maximum absolute atomic E-state index is 5.50. The van der Waals surface area contributed by atoms with Crippen molar-refractivity contribution in [3.05, 3.63) is 48.5 Å². The Hall–Kier alpha value is -1.44. The molecular formula is C12H16O2. The zero-order chi connectivity index (χ0) is 10.4. The van der Waals surface area contributed by atoms with Gasteiger partial charge in [0, 0.05) is 6.42 Å². The van der Waals surface area contributed by atoms with Crippen LogP contribution in [0, 0.1) is 0 Å². The summed E-state index contributed by atoms with van der Waals surface area (Å²) >= 11 is 0. The van der Waals surface area contributed by atoms with Gasteiger partial charge in [-0.2, -0.15) is 0 Å². The van der Waals surface area contributed by atoms with Crippen molar-refractivity contribution < 1.29 is 9.47 Å². The molecular weight excluding hydrogens is 176 g/mol. The molecule has 0 aromatic heterocycles. The van der Waals surface area contributed by atoms with E-state index >= 15 is 0 Å². The fourth-order valence-corrected chi connectivity index (χ4v) is 1.12. The minimum Gasteiger partial charge on any atom is -0.490 e. The van der Waals surface area contributed by atoms with Gasteiger partial charge in [-0.25, -0.2) is 0 Å². The maximum Gasteiger partial charge on any atom is 0.161 e. The normalized spacial score (nSPS) is 21.1. The second-order valence-electron chi connectivity index (χ2n) is 2.98. The Kier molecular flexibility index (Phi) is 4.05. The molecule has 1 rings (SSSR count). The highest BCUT2D eigenvalue weighted by Crippen LogP contribution is 2.18. The molecule has 0 bridgehead atoms. The lowest BCUT2D eigenvalue weighted by atomic mass is 10.2. The molecule has 1 aliphatic heterocycles. The first-order valence-corrected chi connectivity index (χ1v) is 4.73. The molecule has 0 amide bonds. The fraction of sp³-hybridized carbons (Fsp3) is 0.333. The number of rotatable bonds is 2. The third-order valence-corrected chi connectivity index (χ3v) is 1.96. The molecule has 0 unspecified atom stereocenters. The molecule has 0 aliphatic carbocycles. The first-order valence-electron chi connectivity index (χ1n) is 4.73. The first-order chi connectivity index (χ1) is 6.77. The molecule has 2 heteroatoms. The highest BCUT2D eigenvalue weighted by Gasteiger charge is 2.09.